The van der Waals surface area contributed by atoms with Crippen LogP contribution in [0, 0.1) is 0 Å². The van der Waals surface area contributed by atoms with Gasteiger partial charge < -0.3 is 10.1 Å². The number of anilines is 1. The first-order valence-electron chi connectivity index (χ1n) is 6.99. The number of nitrogens with one attached hydrogen (secondary N) is 2. The van der Waals surface area contributed by atoms with E-state index in [2.05, 4.69) is 10.6 Å². The molecule has 1 aromatic rings. The summed E-state index contributed by atoms with van der Waals surface area (Å²) in [6.07, 6.45) is 3.08. The summed E-state index contributed by atoms with van der Waals surface area (Å²) in [5.74, 6) is -0.770. The second kappa shape index (κ2) is 10.2. The Morgan fingerprint density at radius 1 is 1.19 bits per heavy atom. The first kappa shape index (κ1) is 17.5. The van der Waals surface area contributed by atoms with Crippen molar-refractivity contribution >= 4 is 29.2 Å². The molecule has 0 heterocycles. The van der Waals surface area contributed by atoms with Crippen molar-refractivity contribution in [3.8, 4) is 0 Å². The van der Waals surface area contributed by atoms with Crippen LogP contribution in [-0.4, -0.2) is 31.0 Å². The fraction of sp³-hybridized carbons (Fsp3) is 0.467. The minimum Gasteiger partial charge on any atom is -0.382 e. The van der Waals surface area contributed by atoms with Gasteiger partial charge in [-0.2, -0.15) is 0 Å². The molecule has 0 aromatic heterocycles. The lowest BCUT2D eigenvalue weighted by Crippen LogP contribution is -2.35. The Hall–Kier alpha value is -1.59. The lowest BCUT2D eigenvalue weighted by atomic mass is 10.1. The molecule has 21 heavy (non-hydrogen) atoms. The molecule has 116 valence electrons. The number of urea groups is 1. The highest BCUT2D eigenvalue weighted by Gasteiger charge is 2.06. The molecule has 0 bridgehead atoms. The van der Waals surface area contributed by atoms with Crippen molar-refractivity contribution in [1.82, 2.24) is 5.32 Å². The van der Waals surface area contributed by atoms with Gasteiger partial charge in [-0.3, -0.25) is 10.1 Å². The summed E-state index contributed by atoms with van der Waals surface area (Å²) < 4.78 is 5.28. The fourth-order valence-corrected chi connectivity index (χ4v) is 1.82. The van der Waals surface area contributed by atoms with Crippen LogP contribution in [0.5, 0.6) is 0 Å². The first-order chi connectivity index (χ1) is 10.2. The Balaban J connectivity index is 2.33. The smallest absolute Gasteiger partial charge is 0.325 e. The molecule has 0 aliphatic carbocycles. The Labute approximate surface area is 130 Å². The zero-order valence-corrected chi connectivity index (χ0v) is 12.9. The monoisotopic (exact) mass is 312 g/mol. The highest BCUT2D eigenvalue weighted by atomic mass is 35.5. The number of ether oxygens (including phenoxy) is 1. The largest absolute Gasteiger partial charge is 0.382 e. The van der Waals surface area contributed by atoms with Gasteiger partial charge in [-0.1, -0.05) is 12.1 Å². The summed E-state index contributed by atoms with van der Waals surface area (Å²) >= 11 is 5.30. The molecule has 3 amide bonds. The van der Waals surface area contributed by atoms with Crippen molar-refractivity contribution in [2.45, 2.75) is 26.2 Å². The predicted molar refractivity (Wildman–Crippen MR) is 83.8 cm³/mol. The van der Waals surface area contributed by atoms with Gasteiger partial charge in [0.2, 0.25) is 5.91 Å². The van der Waals surface area contributed by atoms with E-state index in [-0.39, 0.29) is 5.88 Å². The second-order valence-corrected chi connectivity index (χ2v) is 4.75. The van der Waals surface area contributed by atoms with E-state index in [1.54, 1.807) is 0 Å². The Morgan fingerprint density at radius 2 is 1.90 bits per heavy atom. The number of halogens is 1. The summed E-state index contributed by atoms with van der Waals surface area (Å²) in [6, 6.07) is 6.95. The molecular formula is C15H21ClN2O3. The molecule has 1 aromatic carbocycles. The van der Waals surface area contributed by atoms with Gasteiger partial charge in [-0.25, -0.2) is 4.79 Å². The number of amides is 3. The van der Waals surface area contributed by atoms with E-state index in [0.717, 1.165) is 32.5 Å². The topological polar surface area (TPSA) is 67.4 Å². The van der Waals surface area contributed by atoms with Crippen molar-refractivity contribution in [2.75, 3.05) is 24.4 Å². The van der Waals surface area contributed by atoms with Gasteiger partial charge in [0.1, 0.15) is 5.88 Å². The van der Waals surface area contributed by atoms with E-state index in [0.29, 0.717) is 5.69 Å². The van der Waals surface area contributed by atoms with Crippen molar-refractivity contribution in [2.24, 2.45) is 0 Å². The molecule has 0 saturated heterocycles. The molecule has 1 rings (SSSR count). The van der Waals surface area contributed by atoms with Crippen LogP contribution in [-0.2, 0) is 16.0 Å². The number of unbranched alkanes of at least 4 members (excludes halogenated alkanes) is 1. The number of benzene rings is 1. The summed E-state index contributed by atoms with van der Waals surface area (Å²) in [5.41, 5.74) is 1.84. The van der Waals surface area contributed by atoms with Crippen LogP contribution in [0.15, 0.2) is 24.3 Å². The molecule has 0 fully saturated rings. The van der Waals surface area contributed by atoms with Gasteiger partial charge in [0.15, 0.2) is 0 Å². The third-order valence-corrected chi connectivity index (χ3v) is 3.04. The molecule has 0 spiro atoms. The van der Waals surface area contributed by atoms with E-state index in [4.69, 9.17) is 16.3 Å². The quantitative estimate of drug-likeness (QED) is 0.573. The Bertz CT molecular complexity index is 449. The maximum absolute atomic E-state index is 11.4. The Kier molecular flexibility index (Phi) is 8.47. The minimum absolute atomic E-state index is 0.242. The third kappa shape index (κ3) is 7.68. The summed E-state index contributed by atoms with van der Waals surface area (Å²) in [7, 11) is 0. The van der Waals surface area contributed by atoms with Gasteiger partial charge in [0.25, 0.3) is 0 Å². The number of imide groups is 1. The zero-order valence-electron chi connectivity index (χ0n) is 12.2. The van der Waals surface area contributed by atoms with Crippen molar-refractivity contribution in [3.63, 3.8) is 0 Å². The van der Waals surface area contributed by atoms with Crippen LogP contribution in [0.4, 0.5) is 10.5 Å². The van der Waals surface area contributed by atoms with Crippen LogP contribution >= 0.6 is 11.6 Å². The zero-order chi connectivity index (χ0) is 15.5. The molecule has 5 nitrogen and oxygen atoms in total. The van der Waals surface area contributed by atoms with Crippen LogP contribution in [0.25, 0.3) is 0 Å². The number of hydrogen-bond donors (Lipinski definition) is 2. The fourth-order valence-electron chi connectivity index (χ4n) is 1.75. The summed E-state index contributed by atoms with van der Waals surface area (Å²) in [4.78, 5) is 22.4. The van der Waals surface area contributed by atoms with E-state index >= 15 is 0 Å². The highest BCUT2D eigenvalue weighted by molar-refractivity contribution is 6.28. The molecule has 0 atom stereocenters. The van der Waals surface area contributed by atoms with E-state index in [1.165, 1.54) is 5.56 Å². The molecule has 0 aliphatic heterocycles. The van der Waals surface area contributed by atoms with Gasteiger partial charge in [-0.05, 0) is 43.9 Å². The second-order valence-electron chi connectivity index (χ2n) is 4.49. The predicted octanol–water partition coefficient (Wildman–Crippen LogP) is 2.93. The highest BCUT2D eigenvalue weighted by Crippen LogP contribution is 2.11. The number of aryl methyl sites for hydroxylation is 1. The van der Waals surface area contributed by atoms with Crippen LogP contribution in [0.3, 0.4) is 0 Å². The number of hydrogen-bond acceptors (Lipinski definition) is 3. The van der Waals surface area contributed by atoms with Gasteiger partial charge >= 0.3 is 6.03 Å². The van der Waals surface area contributed by atoms with Crippen molar-refractivity contribution < 1.29 is 14.3 Å². The van der Waals surface area contributed by atoms with Gasteiger partial charge in [0, 0.05) is 18.9 Å². The van der Waals surface area contributed by atoms with Crippen LogP contribution < -0.4 is 10.6 Å². The number of alkyl halides is 1. The SMILES string of the molecule is CCOCCCCc1ccc(NC(=O)NC(=O)CCl)cc1. The molecule has 2 N–H and O–H groups in total. The molecular weight excluding hydrogens is 292 g/mol. The lowest BCUT2D eigenvalue weighted by molar-refractivity contribution is -0.117. The van der Waals surface area contributed by atoms with Gasteiger partial charge in [-0.15, -0.1) is 11.6 Å². The maximum Gasteiger partial charge on any atom is 0.325 e. The van der Waals surface area contributed by atoms with Crippen LogP contribution in [0.1, 0.15) is 25.3 Å². The van der Waals surface area contributed by atoms with E-state index in [9.17, 15) is 9.59 Å². The maximum atomic E-state index is 11.4. The lowest BCUT2D eigenvalue weighted by Gasteiger charge is -2.07. The number of carbonyl (C=O) groups excluding carboxylic acids is 2. The van der Waals surface area contributed by atoms with E-state index in [1.807, 2.05) is 31.2 Å². The molecule has 0 aliphatic rings. The molecule has 6 heteroatoms. The number of carbonyl (C=O) groups is 2. The molecule has 0 unspecified atom stereocenters. The molecule has 0 radical (unpaired) electrons. The molecule has 0 saturated carbocycles. The summed E-state index contributed by atoms with van der Waals surface area (Å²) in [5, 5.41) is 4.68. The normalized spacial score (nSPS) is 10.2. The van der Waals surface area contributed by atoms with E-state index < -0.39 is 11.9 Å². The minimum atomic E-state index is -0.579. The average molecular weight is 313 g/mol. The third-order valence-electron chi connectivity index (χ3n) is 2.79. The van der Waals surface area contributed by atoms with Gasteiger partial charge in [0.05, 0.1) is 0 Å². The average Bonchev–Trinajstić information content (AvgIpc) is 2.48. The first-order valence-corrected chi connectivity index (χ1v) is 7.52. The van der Waals surface area contributed by atoms with Crippen molar-refractivity contribution in [1.29, 1.82) is 0 Å². The number of rotatable bonds is 8. The standard InChI is InChI=1S/C15H21ClN2O3/c1-2-21-10-4-3-5-12-6-8-13(9-7-12)17-15(20)18-14(19)11-16/h6-9H,2-5,10-11H2,1H3,(H2,17,18,19,20). The van der Waals surface area contributed by atoms with Crippen molar-refractivity contribution in [3.05, 3.63) is 29.8 Å². The summed E-state index contributed by atoms with van der Waals surface area (Å²) in [6.45, 7) is 3.54. The van der Waals surface area contributed by atoms with Crippen LogP contribution in [0.2, 0.25) is 0 Å². The Morgan fingerprint density at radius 3 is 2.52 bits per heavy atom.